The topological polar surface area (TPSA) is 46.3 Å². The van der Waals surface area contributed by atoms with Crippen molar-refractivity contribution >= 4 is 17.2 Å². The van der Waals surface area contributed by atoms with Crippen LogP contribution in [0.3, 0.4) is 0 Å². The largest absolute Gasteiger partial charge is 0.361 e. The minimum Gasteiger partial charge on any atom is -0.361 e. The third-order valence-electron chi connectivity index (χ3n) is 3.82. The zero-order chi connectivity index (χ0) is 14.1. The molecule has 1 aliphatic rings. The van der Waals surface area contributed by atoms with Crippen LogP contribution < -0.4 is 0 Å². The van der Waals surface area contributed by atoms with Gasteiger partial charge in [-0.2, -0.15) is 0 Å². The molecule has 0 unspecified atom stereocenters. The summed E-state index contributed by atoms with van der Waals surface area (Å²) in [4.78, 5) is 15.6. The van der Waals surface area contributed by atoms with Crippen LogP contribution in [-0.2, 0) is 6.42 Å². The van der Waals surface area contributed by atoms with Crippen LogP contribution in [-0.4, -0.2) is 22.5 Å². The van der Waals surface area contributed by atoms with Gasteiger partial charge in [-0.1, -0.05) is 12.1 Å². The summed E-state index contributed by atoms with van der Waals surface area (Å²) in [5.74, 6) is 0.935. The second-order valence-corrected chi connectivity index (χ2v) is 6.06. The van der Waals surface area contributed by atoms with Gasteiger partial charge in [-0.15, -0.1) is 11.3 Å². The molecule has 1 amide bonds. The fraction of sp³-hybridized carbons (Fsp3) is 0.467. The van der Waals surface area contributed by atoms with E-state index in [0.29, 0.717) is 0 Å². The highest BCUT2D eigenvalue weighted by Crippen LogP contribution is 2.34. The van der Waals surface area contributed by atoms with Crippen molar-refractivity contribution in [1.29, 1.82) is 0 Å². The minimum absolute atomic E-state index is 0.0618. The van der Waals surface area contributed by atoms with Crippen LogP contribution in [0.15, 0.2) is 22.0 Å². The smallest absolute Gasteiger partial charge is 0.264 e. The lowest BCUT2D eigenvalue weighted by Crippen LogP contribution is -2.30. The zero-order valence-corrected chi connectivity index (χ0v) is 12.6. The molecule has 5 heteroatoms. The van der Waals surface area contributed by atoms with Crippen LogP contribution >= 0.6 is 11.3 Å². The van der Waals surface area contributed by atoms with E-state index in [2.05, 4.69) is 12.1 Å². The molecule has 1 atom stereocenters. The lowest BCUT2D eigenvalue weighted by molar-refractivity contribution is 0.0735. The van der Waals surface area contributed by atoms with Gasteiger partial charge in [0, 0.05) is 12.6 Å². The van der Waals surface area contributed by atoms with Gasteiger partial charge in [0.05, 0.1) is 10.9 Å². The predicted molar refractivity (Wildman–Crippen MR) is 77.9 cm³/mol. The molecule has 0 N–H and O–H groups in total. The molecule has 3 rings (SSSR count). The number of thiophene rings is 1. The predicted octanol–water partition coefficient (Wildman–Crippen LogP) is 3.58. The maximum Gasteiger partial charge on any atom is 0.264 e. The van der Waals surface area contributed by atoms with Crippen LogP contribution in [0.25, 0.3) is 0 Å². The Hall–Kier alpha value is -1.62. The molecule has 106 valence electrons. The van der Waals surface area contributed by atoms with Crippen LogP contribution in [0.1, 0.15) is 52.5 Å². The average molecular weight is 290 g/mol. The molecule has 1 saturated heterocycles. The summed E-state index contributed by atoms with van der Waals surface area (Å²) in [6.07, 6.45) is 2.88. The van der Waals surface area contributed by atoms with E-state index in [0.717, 1.165) is 47.7 Å². The first-order chi connectivity index (χ1) is 9.70. The number of likely N-dealkylation sites (tertiary alicyclic amines) is 1. The molecule has 20 heavy (non-hydrogen) atoms. The fourth-order valence-corrected chi connectivity index (χ4v) is 3.74. The van der Waals surface area contributed by atoms with E-state index in [-0.39, 0.29) is 11.9 Å². The number of carbonyl (C=O) groups excluding carboxylic acids is 1. The number of carbonyl (C=O) groups is 1. The van der Waals surface area contributed by atoms with Crippen molar-refractivity contribution in [1.82, 2.24) is 10.1 Å². The molecule has 3 heterocycles. The van der Waals surface area contributed by atoms with Crippen LogP contribution in [0.2, 0.25) is 0 Å². The molecule has 0 saturated carbocycles. The SMILES string of the molecule is CCc1ccsc1C(=O)N1CCC[C@H]1c1cc(C)on1. The van der Waals surface area contributed by atoms with Crippen LogP contribution in [0.5, 0.6) is 0 Å². The maximum atomic E-state index is 12.8. The molecular formula is C15H18N2O2S. The first kappa shape index (κ1) is 13.4. The van der Waals surface area contributed by atoms with E-state index in [9.17, 15) is 4.79 Å². The van der Waals surface area contributed by atoms with Gasteiger partial charge in [0.1, 0.15) is 11.5 Å². The average Bonchev–Trinajstić information content (AvgIpc) is 3.17. The zero-order valence-electron chi connectivity index (χ0n) is 11.8. The highest BCUT2D eigenvalue weighted by molar-refractivity contribution is 7.12. The number of aryl methyl sites for hydroxylation is 2. The Labute approximate surface area is 122 Å². The normalized spacial score (nSPS) is 18.7. The van der Waals surface area contributed by atoms with Gasteiger partial charge in [0.25, 0.3) is 5.91 Å². The molecule has 0 bridgehead atoms. The van der Waals surface area contributed by atoms with Gasteiger partial charge in [0.15, 0.2) is 0 Å². The number of hydrogen-bond donors (Lipinski definition) is 0. The molecule has 0 radical (unpaired) electrons. The highest BCUT2D eigenvalue weighted by atomic mass is 32.1. The summed E-state index contributed by atoms with van der Waals surface area (Å²) in [6, 6.07) is 4.04. The molecular weight excluding hydrogens is 272 g/mol. The molecule has 1 aliphatic heterocycles. The summed E-state index contributed by atoms with van der Waals surface area (Å²) in [7, 11) is 0. The van der Waals surface area contributed by atoms with Gasteiger partial charge in [0.2, 0.25) is 0 Å². The Kier molecular flexibility index (Phi) is 3.61. The van der Waals surface area contributed by atoms with E-state index in [1.807, 2.05) is 29.3 Å². The number of hydrogen-bond acceptors (Lipinski definition) is 4. The molecule has 1 fully saturated rings. The molecule has 2 aromatic heterocycles. The number of rotatable bonds is 3. The van der Waals surface area contributed by atoms with Gasteiger partial charge in [-0.3, -0.25) is 4.79 Å². The minimum atomic E-state index is 0.0618. The molecule has 4 nitrogen and oxygen atoms in total. The lowest BCUT2D eigenvalue weighted by atomic mass is 10.1. The Balaban J connectivity index is 1.87. The molecule has 0 spiro atoms. The maximum absolute atomic E-state index is 12.8. The molecule has 0 aromatic carbocycles. The van der Waals surface area contributed by atoms with E-state index in [4.69, 9.17) is 4.52 Å². The quantitative estimate of drug-likeness (QED) is 0.868. The number of nitrogens with zero attached hydrogens (tertiary/aromatic N) is 2. The second-order valence-electron chi connectivity index (χ2n) is 5.15. The van der Waals surface area contributed by atoms with Gasteiger partial charge < -0.3 is 9.42 Å². The van der Waals surface area contributed by atoms with Gasteiger partial charge >= 0.3 is 0 Å². The van der Waals surface area contributed by atoms with Gasteiger partial charge in [-0.25, -0.2) is 0 Å². The van der Waals surface area contributed by atoms with E-state index < -0.39 is 0 Å². The Morgan fingerprint density at radius 2 is 2.45 bits per heavy atom. The van der Waals surface area contributed by atoms with Crippen molar-refractivity contribution in [2.24, 2.45) is 0 Å². The summed E-state index contributed by atoms with van der Waals surface area (Å²) < 4.78 is 5.16. The molecule has 0 aliphatic carbocycles. The first-order valence-corrected chi connectivity index (χ1v) is 7.89. The van der Waals surface area contributed by atoms with Crippen molar-refractivity contribution in [2.45, 2.75) is 39.2 Å². The summed E-state index contributed by atoms with van der Waals surface area (Å²) in [6.45, 7) is 4.77. The van der Waals surface area contributed by atoms with E-state index in [1.165, 1.54) is 11.3 Å². The van der Waals surface area contributed by atoms with E-state index in [1.54, 1.807) is 0 Å². The van der Waals surface area contributed by atoms with Crippen molar-refractivity contribution < 1.29 is 9.32 Å². The lowest BCUT2D eigenvalue weighted by Gasteiger charge is -2.22. The van der Waals surface area contributed by atoms with Crippen LogP contribution in [0, 0.1) is 6.92 Å². The van der Waals surface area contributed by atoms with E-state index >= 15 is 0 Å². The second kappa shape index (κ2) is 5.40. The fourth-order valence-electron chi connectivity index (χ4n) is 2.79. The Morgan fingerprint density at radius 3 is 3.15 bits per heavy atom. The monoisotopic (exact) mass is 290 g/mol. The summed E-state index contributed by atoms with van der Waals surface area (Å²) in [5.41, 5.74) is 2.02. The molecule has 2 aromatic rings. The third kappa shape index (κ3) is 2.26. The van der Waals surface area contributed by atoms with Gasteiger partial charge in [-0.05, 0) is 43.2 Å². The third-order valence-corrected chi connectivity index (χ3v) is 4.77. The van der Waals surface area contributed by atoms with Crippen molar-refractivity contribution in [3.05, 3.63) is 39.4 Å². The Bertz CT molecular complexity index is 617. The number of amides is 1. The van der Waals surface area contributed by atoms with Crippen molar-refractivity contribution in [3.8, 4) is 0 Å². The number of aromatic nitrogens is 1. The highest BCUT2D eigenvalue weighted by Gasteiger charge is 2.33. The summed E-state index contributed by atoms with van der Waals surface area (Å²) >= 11 is 1.54. The van der Waals surface area contributed by atoms with Crippen molar-refractivity contribution in [2.75, 3.05) is 6.54 Å². The van der Waals surface area contributed by atoms with Crippen LogP contribution in [0.4, 0.5) is 0 Å². The Morgan fingerprint density at radius 1 is 1.60 bits per heavy atom. The standard InChI is InChI=1S/C15H18N2O2S/c1-3-11-6-8-20-14(11)15(18)17-7-4-5-13(17)12-9-10(2)19-16-12/h6,8-9,13H,3-5,7H2,1-2H3/t13-/m0/s1. The first-order valence-electron chi connectivity index (χ1n) is 7.01. The summed E-state index contributed by atoms with van der Waals surface area (Å²) in [5, 5.41) is 6.09. The van der Waals surface area contributed by atoms with Crippen molar-refractivity contribution in [3.63, 3.8) is 0 Å².